The molecule has 0 spiro atoms. The van der Waals surface area contributed by atoms with E-state index >= 15 is 0 Å². The number of anilines is 1. The second-order valence-corrected chi connectivity index (χ2v) is 9.88. The van der Waals surface area contributed by atoms with E-state index in [-0.39, 0.29) is 27.1 Å². The number of thioether (sulfide) groups is 1. The zero-order valence-electron chi connectivity index (χ0n) is 18.3. The third-order valence-corrected chi connectivity index (χ3v) is 8.11. The molecule has 3 aromatic rings. The molecule has 0 aliphatic rings. The second-order valence-electron chi connectivity index (χ2n) is 6.83. The molecular weight excluding hydrogens is 470 g/mol. The van der Waals surface area contributed by atoms with Gasteiger partial charge in [0.2, 0.25) is 5.91 Å². The van der Waals surface area contributed by atoms with Crippen molar-refractivity contribution < 1.29 is 19.1 Å². The molecule has 0 unspecified atom stereocenters. The number of amides is 2. The van der Waals surface area contributed by atoms with Crippen molar-refractivity contribution in [2.24, 2.45) is 5.73 Å². The molecule has 32 heavy (non-hydrogen) atoms. The third kappa shape index (κ3) is 4.57. The molecule has 0 saturated heterocycles. The van der Waals surface area contributed by atoms with Gasteiger partial charge in [-0.25, -0.2) is 4.79 Å². The number of hydrogen-bond donors (Lipinski definition) is 2. The molecule has 0 fully saturated rings. The van der Waals surface area contributed by atoms with Crippen LogP contribution in [0.2, 0.25) is 0 Å². The van der Waals surface area contributed by atoms with Crippen LogP contribution in [0.25, 0.3) is 11.4 Å². The summed E-state index contributed by atoms with van der Waals surface area (Å²) in [5.74, 6) is -0.859. The second kappa shape index (κ2) is 9.84. The number of thiophene rings is 2. The van der Waals surface area contributed by atoms with E-state index < -0.39 is 11.9 Å². The lowest BCUT2D eigenvalue weighted by atomic mass is 10.1. The molecular formula is C20H23N5O4S3. The average molecular weight is 494 g/mol. The molecule has 0 aliphatic heterocycles. The van der Waals surface area contributed by atoms with Crippen molar-refractivity contribution >= 4 is 57.2 Å². The first-order valence-corrected chi connectivity index (χ1v) is 12.3. The van der Waals surface area contributed by atoms with E-state index in [9.17, 15) is 14.4 Å². The van der Waals surface area contributed by atoms with Crippen LogP contribution < -0.4 is 11.1 Å². The first-order chi connectivity index (χ1) is 15.2. The summed E-state index contributed by atoms with van der Waals surface area (Å²) in [5, 5.41) is 14.2. The Morgan fingerprint density at radius 3 is 2.50 bits per heavy atom. The molecule has 3 heterocycles. The highest BCUT2D eigenvalue weighted by Crippen LogP contribution is 2.34. The standard InChI is InChI=1S/C20H23N5O4S3/c1-6-25-17(12-7-30-11(4)9(12)2)23-24-20(25)31-8-13(26)22-18-14(19(28)29-5)10(3)15(32-18)16(21)27/h7H,6,8H2,1-5H3,(H2,21,27)(H,22,26). The maximum absolute atomic E-state index is 12.6. The zero-order valence-corrected chi connectivity index (χ0v) is 20.7. The largest absolute Gasteiger partial charge is 0.465 e. The van der Waals surface area contributed by atoms with Gasteiger partial charge in [-0.2, -0.15) is 0 Å². The van der Waals surface area contributed by atoms with Crippen LogP contribution in [-0.4, -0.2) is 45.4 Å². The van der Waals surface area contributed by atoms with Crippen molar-refractivity contribution in [3.63, 3.8) is 0 Å². The van der Waals surface area contributed by atoms with Gasteiger partial charge in [-0.3, -0.25) is 9.59 Å². The highest BCUT2D eigenvalue weighted by atomic mass is 32.2. The molecule has 0 atom stereocenters. The fourth-order valence-electron chi connectivity index (χ4n) is 3.09. The molecule has 0 radical (unpaired) electrons. The maximum atomic E-state index is 12.6. The summed E-state index contributed by atoms with van der Waals surface area (Å²) < 4.78 is 6.75. The number of primary amides is 1. The van der Waals surface area contributed by atoms with Crippen LogP contribution in [0.3, 0.4) is 0 Å². The summed E-state index contributed by atoms with van der Waals surface area (Å²) in [6.07, 6.45) is 0. The normalized spacial score (nSPS) is 10.9. The number of nitrogens with two attached hydrogens (primary N) is 1. The minimum Gasteiger partial charge on any atom is -0.465 e. The van der Waals surface area contributed by atoms with Crippen molar-refractivity contribution in [3.8, 4) is 11.4 Å². The highest BCUT2D eigenvalue weighted by molar-refractivity contribution is 7.99. The molecule has 0 aliphatic carbocycles. The van der Waals surface area contributed by atoms with Crippen LogP contribution in [0.5, 0.6) is 0 Å². The summed E-state index contributed by atoms with van der Waals surface area (Å²) in [5.41, 5.74) is 8.10. The molecule has 3 N–H and O–H groups in total. The topological polar surface area (TPSA) is 129 Å². The molecule has 0 bridgehead atoms. The smallest absolute Gasteiger partial charge is 0.341 e. The number of aryl methyl sites for hydroxylation is 1. The average Bonchev–Trinajstić information content (AvgIpc) is 3.41. The lowest BCUT2D eigenvalue weighted by molar-refractivity contribution is -0.113. The lowest BCUT2D eigenvalue weighted by Crippen LogP contribution is -2.16. The summed E-state index contributed by atoms with van der Waals surface area (Å²) in [4.78, 5) is 37.9. The number of methoxy groups -OCH3 is 1. The van der Waals surface area contributed by atoms with Gasteiger partial charge in [-0.05, 0) is 38.8 Å². The Balaban J connectivity index is 1.78. The summed E-state index contributed by atoms with van der Waals surface area (Å²) in [7, 11) is 1.23. The Morgan fingerprint density at radius 1 is 1.22 bits per heavy atom. The van der Waals surface area contributed by atoms with Crippen LogP contribution in [0.1, 0.15) is 43.0 Å². The van der Waals surface area contributed by atoms with Crippen LogP contribution in [0, 0.1) is 20.8 Å². The summed E-state index contributed by atoms with van der Waals surface area (Å²) >= 11 is 3.86. The molecule has 2 amide bonds. The van der Waals surface area contributed by atoms with Crippen LogP contribution in [0.15, 0.2) is 10.5 Å². The Kier molecular flexibility index (Phi) is 7.36. The third-order valence-electron chi connectivity index (χ3n) is 4.91. The first kappa shape index (κ1) is 24.0. The van der Waals surface area contributed by atoms with Crippen LogP contribution in [-0.2, 0) is 16.1 Å². The fraction of sp³-hybridized carbons (Fsp3) is 0.350. The van der Waals surface area contributed by atoms with E-state index in [0.717, 1.165) is 22.7 Å². The molecule has 0 aromatic carbocycles. The van der Waals surface area contributed by atoms with E-state index in [1.807, 2.05) is 11.5 Å². The van der Waals surface area contributed by atoms with Gasteiger partial charge in [0, 0.05) is 22.4 Å². The van der Waals surface area contributed by atoms with Crippen molar-refractivity contribution in [2.75, 3.05) is 18.2 Å². The van der Waals surface area contributed by atoms with Crippen molar-refractivity contribution in [1.29, 1.82) is 0 Å². The number of carbonyl (C=O) groups is 3. The molecule has 3 rings (SSSR count). The van der Waals surface area contributed by atoms with Crippen molar-refractivity contribution in [2.45, 2.75) is 39.4 Å². The van der Waals surface area contributed by atoms with Gasteiger partial charge in [0.25, 0.3) is 5.91 Å². The number of nitrogens with one attached hydrogen (secondary N) is 1. The number of aromatic nitrogens is 3. The fourth-order valence-corrected chi connectivity index (χ4v) is 5.82. The van der Waals surface area contributed by atoms with Gasteiger partial charge >= 0.3 is 5.97 Å². The van der Waals surface area contributed by atoms with Gasteiger partial charge in [0.15, 0.2) is 11.0 Å². The lowest BCUT2D eigenvalue weighted by Gasteiger charge is -2.08. The molecule has 12 heteroatoms. The zero-order chi connectivity index (χ0) is 23.6. The van der Waals surface area contributed by atoms with Crippen LogP contribution in [0.4, 0.5) is 5.00 Å². The Hall–Kier alpha value is -2.70. The first-order valence-electron chi connectivity index (χ1n) is 9.61. The molecule has 9 nitrogen and oxygen atoms in total. The van der Waals surface area contributed by atoms with Gasteiger partial charge in [0.1, 0.15) is 5.00 Å². The number of ether oxygens (including phenoxy) is 1. The summed E-state index contributed by atoms with van der Waals surface area (Å²) in [6.45, 7) is 8.35. The van der Waals surface area contributed by atoms with Crippen LogP contribution >= 0.6 is 34.4 Å². The molecule has 170 valence electrons. The minimum atomic E-state index is -0.671. The monoisotopic (exact) mass is 493 g/mol. The van der Waals surface area contributed by atoms with E-state index in [1.54, 1.807) is 18.3 Å². The molecule has 3 aromatic heterocycles. The van der Waals surface area contributed by atoms with E-state index in [0.29, 0.717) is 17.3 Å². The number of nitrogens with zero attached hydrogens (tertiary/aromatic N) is 3. The Labute approximate surface area is 197 Å². The number of esters is 1. The van der Waals surface area contributed by atoms with Gasteiger partial charge in [-0.15, -0.1) is 32.9 Å². The number of rotatable bonds is 8. The van der Waals surface area contributed by atoms with Crippen molar-refractivity contribution in [1.82, 2.24) is 14.8 Å². The van der Waals surface area contributed by atoms with Gasteiger partial charge in [-0.1, -0.05) is 11.8 Å². The maximum Gasteiger partial charge on any atom is 0.341 e. The van der Waals surface area contributed by atoms with Gasteiger partial charge < -0.3 is 20.4 Å². The summed E-state index contributed by atoms with van der Waals surface area (Å²) in [6, 6.07) is 0. The van der Waals surface area contributed by atoms with E-state index in [1.165, 1.54) is 29.3 Å². The van der Waals surface area contributed by atoms with E-state index in [4.69, 9.17) is 10.5 Å². The predicted octanol–water partition coefficient (Wildman–Crippen LogP) is 3.63. The Bertz CT molecular complexity index is 1190. The quantitative estimate of drug-likeness (QED) is 0.362. The predicted molar refractivity (Wildman–Crippen MR) is 127 cm³/mol. The Morgan fingerprint density at radius 2 is 1.94 bits per heavy atom. The minimum absolute atomic E-state index is 0.0449. The highest BCUT2D eigenvalue weighted by Gasteiger charge is 2.25. The SMILES string of the molecule is CCn1c(SCC(=O)Nc2sc(C(N)=O)c(C)c2C(=O)OC)nnc1-c1csc(C)c1C. The molecule has 0 saturated carbocycles. The number of carbonyl (C=O) groups excluding carboxylic acids is 3. The van der Waals surface area contributed by atoms with Gasteiger partial charge in [0.05, 0.1) is 23.3 Å². The van der Waals surface area contributed by atoms with Crippen molar-refractivity contribution in [3.05, 3.63) is 31.8 Å². The number of hydrogen-bond acceptors (Lipinski definition) is 9. The van der Waals surface area contributed by atoms with E-state index in [2.05, 4.69) is 34.7 Å².